The number of nitrogens with one attached hydrogen (secondary N) is 1. The highest BCUT2D eigenvalue weighted by Gasteiger charge is 2.37. The molecule has 0 radical (unpaired) electrons. The molecule has 3 aromatic rings. The first-order chi connectivity index (χ1) is 14.7. The zero-order valence-corrected chi connectivity index (χ0v) is 17.5. The van der Waals surface area contributed by atoms with E-state index in [0.29, 0.717) is 23.5 Å². The van der Waals surface area contributed by atoms with Gasteiger partial charge in [-0.3, -0.25) is 4.79 Å². The number of halogens is 3. The van der Waals surface area contributed by atoms with Gasteiger partial charge in [-0.2, -0.15) is 18.2 Å². The highest BCUT2D eigenvalue weighted by molar-refractivity contribution is 5.79. The van der Waals surface area contributed by atoms with Crippen LogP contribution in [0.5, 0.6) is 0 Å². The third-order valence-electron chi connectivity index (χ3n) is 6.21. The van der Waals surface area contributed by atoms with Crippen LogP contribution >= 0.6 is 0 Å². The zero-order valence-electron chi connectivity index (χ0n) is 17.5. The van der Waals surface area contributed by atoms with Crippen LogP contribution in [0.15, 0.2) is 30.3 Å². The summed E-state index contributed by atoms with van der Waals surface area (Å²) in [5, 5.41) is 6.59. The molecule has 0 aliphatic heterocycles. The van der Waals surface area contributed by atoms with Gasteiger partial charge in [0, 0.05) is 28.9 Å². The van der Waals surface area contributed by atoms with E-state index in [-0.39, 0.29) is 23.5 Å². The number of alkyl halides is 3. The second-order valence-electron chi connectivity index (χ2n) is 8.21. The molecule has 0 bridgehead atoms. The molecule has 2 aromatic heterocycles. The minimum absolute atomic E-state index is 0.0205. The maximum atomic E-state index is 13.0. The van der Waals surface area contributed by atoms with Gasteiger partial charge in [0.1, 0.15) is 0 Å². The molecule has 1 saturated carbocycles. The van der Waals surface area contributed by atoms with Gasteiger partial charge in [0.2, 0.25) is 5.91 Å². The van der Waals surface area contributed by atoms with Gasteiger partial charge in [0.15, 0.2) is 0 Å². The van der Waals surface area contributed by atoms with Crippen molar-refractivity contribution in [1.82, 2.24) is 24.9 Å². The summed E-state index contributed by atoms with van der Waals surface area (Å²) in [6.45, 7) is 3.83. The van der Waals surface area contributed by atoms with Crippen LogP contribution in [0.4, 0.5) is 13.2 Å². The van der Waals surface area contributed by atoms with Crippen LogP contribution in [0.1, 0.15) is 54.0 Å². The van der Waals surface area contributed by atoms with E-state index in [9.17, 15) is 18.0 Å². The predicted octanol–water partition coefficient (Wildman–Crippen LogP) is 3.93. The number of aryl methyl sites for hydroxylation is 2. The van der Waals surface area contributed by atoms with E-state index in [2.05, 4.69) is 32.5 Å². The van der Waals surface area contributed by atoms with Crippen molar-refractivity contribution in [2.24, 2.45) is 0 Å². The maximum Gasteiger partial charge on any atom is 0.453 e. The summed E-state index contributed by atoms with van der Waals surface area (Å²) in [5.74, 6) is -1.55. The van der Waals surface area contributed by atoms with Crippen LogP contribution in [0.2, 0.25) is 0 Å². The number of aromatic nitrogens is 4. The fourth-order valence-electron chi connectivity index (χ4n) is 4.49. The molecule has 1 aliphatic carbocycles. The molecular weight excluding hydrogens is 407 g/mol. The smallest absolute Gasteiger partial charge is 0.355 e. The average Bonchev–Trinajstić information content (AvgIpc) is 3.38. The van der Waals surface area contributed by atoms with Crippen molar-refractivity contribution in [3.05, 3.63) is 58.7 Å². The molecule has 9 heteroatoms. The van der Waals surface area contributed by atoms with E-state index in [0.717, 1.165) is 30.2 Å². The first-order valence-electron chi connectivity index (χ1n) is 10.3. The Morgan fingerprint density at radius 2 is 1.81 bits per heavy atom. The van der Waals surface area contributed by atoms with E-state index < -0.39 is 12.0 Å². The van der Waals surface area contributed by atoms with Crippen molar-refractivity contribution in [3.8, 4) is 0 Å². The highest BCUT2D eigenvalue weighted by atomic mass is 19.4. The number of carbonyl (C=O) groups excluding carboxylic acids is 1. The van der Waals surface area contributed by atoms with Gasteiger partial charge < -0.3 is 5.32 Å². The van der Waals surface area contributed by atoms with Gasteiger partial charge in [-0.15, -0.1) is 5.10 Å². The molecule has 0 atom stereocenters. The maximum absolute atomic E-state index is 13.0. The number of fused-ring (bicyclic) bond motifs is 1. The second kappa shape index (κ2) is 7.94. The highest BCUT2D eigenvalue weighted by Crippen LogP contribution is 2.40. The van der Waals surface area contributed by atoms with Crippen molar-refractivity contribution in [3.63, 3.8) is 0 Å². The summed E-state index contributed by atoms with van der Waals surface area (Å²) < 4.78 is 39.9. The monoisotopic (exact) mass is 431 g/mol. The number of nitrogens with zero attached hydrogens (tertiary/aromatic N) is 4. The van der Waals surface area contributed by atoms with Gasteiger partial charge in [0.05, 0.1) is 6.42 Å². The van der Waals surface area contributed by atoms with Gasteiger partial charge in [-0.05, 0) is 32.3 Å². The van der Waals surface area contributed by atoms with E-state index in [4.69, 9.17) is 0 Å². The molecule has 0 unspecified atom stereocenters. The Bertz CT molecular complexity index is 1100. The normalized spacial score (nSPS) is 16.0. The third kappa shape index (κ3) is 4.13. The molecule has 1 fully saturated rings. The molecule has 0 saturated heterocycles. The van der Waals surface area contributed by atoms with Gasteiger partial charge in [-0.25, -0.2) is 9.50 Å². The molecule has 31 heavy (non-hydrogen) atoms. The SMILES string of the molecule is Cc1nc2nc(C(F)(F)F)nn2c(C)c1CC(=O)NCC1(c2ccccc2)CCCC1. The Morgan fingerprint density at radius 3 is 2.45 bits per heavy atom. The van der Waals surface area contributed by atoms with Crippen molar-refractivity contribution < 1.29 is 18.0 Å². The molecule has 0 spiro atoms. The van der Waals surface area contributed by atoms with Crippen molar-refractivity contribution in [2.45, 2.75) is 57.5 Å². The number of rotatable bonds is 5. The molecule has 164 valence electrons. The van der Waals surface area contributed by atoms with Crippen LogP contribution in [0, 0.1) is 13.8 Å². The van der Waals surface area contributed by atoms with Crippen LogP contribution in [0.3, 0.4) is 0 Å². The van der Waals surface area contributed by atoms with Crippen LogP contribution in [-0.2, 0) is 22.8 Å². The lowest BCUT2D eigenvalue weighted by Gasteiger charge is -2.30. The van der Waals surface area contributed by atoms with Gasteiger partial charge in [-0.1, -0.05) is 43.2 Å². The number of benzene rings is 1. The van der Waals surface area contributed by atoms with Crippen LogP contribution in [-0.4, -0.2) is 32.0 Å². The number of hydrogen-bond donors (Lipinski definition) is 1. The van der Waals surface area contributed by atoms with E-state index in [1.54, 1.807) is 13.8 Å². The third-order valence-corrected chi connectivity index (χ3v) is 6.21. The number of amides is 1. The first-order valence-corrected chi connectivity index (χ1v) is 10.3. The summed E-state index contributed by atoms with van der Waals surface area (Å²) in [5.41, 5.74) is 2.62. The number of carbonyl (C=O) groups is 1. The molecule has 1 amide bonds. The van der Waals surface area contributed by atoms with Gasteiger partial charge >= 0.3 is 6.18 Å². The minimum Gasteiger partial charge on any atom is -0.355 e. The largest absolute Gasteiger partial charge is 0.453 e. The van der Waals surface area contributed by atoms with Crippen molar-refractivity contribution >= 4 is 11.7 Å². The molecule has 1 aromatic carbocycles. The standard InChI is InChI=1S/C22H24F3N5O/c1-14-17(15(2)30-20(27-14)28-19(29-30)22(23,24)25)12-18(31)26-13-21(10-6-7-11-21)16-8-4-3-5-9-16/h3-5,8-9H,6-7,10-13H2,1-2H3,(H,26,31). The zero-order chi connectivity index (χ0) is 22.2. The fourth-order valence-corrected chi connectivity index (χ4v) is 4.49. The molecular formula is C22H24F3N5O. The molecule has 2 heterocycles. The average molecular weight is 431 g/mol. The topological polar surface area (TPSA) is 72.2 Å². The lowest BCUT2D eigenvalue weighted by molar-refractivity contribution is -0.144. The second-order valence-corrected chi connectivity index (χ2v) is 8.21. The first kappa shape index (κ1) is 21.3. The predicted molar refractivity (Wildman–Crippen MR) is 109 cm³/mol. The summed E-state index contributed by atoms with van der Waals surface area (Å²) in [7, 11) is 0. The van der Waals surface area contributed by atoms with E-state index >= 15 is 0 Å². The fraction of sp³-hybridized carbons (Fsp3) is 0.455. The molecule has 6 nitrogen and oxygen atoms in total. The Balaban J connectivity index is 1.53. The Morgan fingerprint density at radius 1 is 1.13 bits per heavy atom. The van der Waals surface area contributed by atoms with Crippen molar-refractivity contribution in [1.29, 1.82) is 0 Å². The summed E-state index contributed by atoms with van der Waals surface area (Å²) in [4.78, 5) is 20.4. The number of hydrogen-bond acceptors (Lipinski definition) is 4. The lowest BCUT2D eigenvalue weighted by atomic mass is 9.79. The molecule has 1 N–H and O–H groups in total. The lowest BCUT2D eigenvalue weighted by Crippen LogP contribution is -2.39. The van der Waals surface area contributed by atoms with E-state index in [1.165, 1.54) is 5.56 Å². The Labute approximate surface area is 177 Å². The summed E-state index contributed by atoms with van der Waals surface area (Å²) in [6.07, 6.45) is -0.357. The molecule has 1 aliphatic rings. The Hall–Kier alpha value is -2.97. The van der Waals surface area contributed by atoms with Gasteiger partial charge in [0.25, 0.3) is 11.6 Å². The minimum atomic E-state index is -4.65. The Kier molecular flexibility index (Phi) is 5.45. The van der Waals surface area contributed by atoms with Crippen LogP contribution in [0.25, 0.3) is 5.78 Å². The molecule has 4 rings (SSSR count). The quantitative estimate of drug-likeness (QED) is 0.665. The van der Waals surface area contributed by atoms with Crippen LogP contribution < -0.4 is 5.32 Å². The van der Waals surface area contributed by atoms with E-state index in [1.807, 2.05) is 18.2 Å². The van der Waals surface area contributed by atoms with Crippen molar-refractivity contribution in [2.75, 3.05) is 6.54 Å². The summed E-state index contributed by atoms with van der Waals surface area (Å²) in [6, 6.07) is 10.2. The summed E-state index contributed by atoms with van der Waals surface area (Å²) >= 11 is 0.